The summed E-state index contributed by atoms with van der Waals surface area (Å²) in [6, 6.07) is 13.0. The summed E-state index contributed by atoms with van der Waals surface area (Å²) < 4.78 is 5.40. The average molecular weight is 533 g/mol. The summed E-state index contributed by atoms with van der Waals surface area (Å²) in [5.74, 6) is -1.41. The number of carboxylic acid groups (broad SMARTS) is 1. The van der Waals surface area contributed by atoms with Gasteiger partial charge in [0.25, 0.3) is 0 Å². The number of hydrogen-bond acceptors (Lipinski definition) is 6. The Morgan fingerprint density at radius 3 is 2.41 bits per heavy atom. The first-order valence-corrected chi connectivity index (χ1v) is 13.4. The third kappa shape index (κ3) is 6.74. The standard InChI is InChI=1S/C31H36N2O6/c1-19(28-26(34)16-31(2,3)17-27(28)35)32-14-7-6-13-25(29(36)37)33-30(38)39-18-21-10-8-12-23-22-11-5-4-9-20(22)15-24(21)23/h4-5,8-12,25,32H,6-7,13-18H2,1-3H3,(H,33,38)(H,36,37)/t25-/m0/s1. The molecule has 0 radical (unpaired) electrons. The zero-order chi connectivity index (χ0) is 28.2. The molecule has 1 saturated carbocycles. The summed E-state index contributed by atoms with van der Waals surface area (Å²) in [5.41, 5.74) is 6.08. The van der Waals surface area contributed by atoms with Crippen LogP contribution < -0.4 is 10.6 Å². The van der Waals surface area contributed by atoms with Crippen molar-refractivity contribution in [3.8, 4) is 11.1 Å². The number of amides is 1. The number of carbonyl (C=O) groups is 4. The second-order valence-corrected chi connectivity index (χ2v) is 11.2. The van der Waals surface area contributed by atoms with Crippen molar-refractivity contribution in [2.45, 2.75) is 71.9 Å². The first kappa shape index (κ1) is 28.1. The van der Waals surface area contributed by atoms with Crippen LogP contribution in [0.2, 0.25) is 0 Å². The van der Waals surface area contributed by atoms with Gasteiger partial charge in [-0.25, -0.2) is 9.59 Å². The van der Waals surface area contributed by atoms with E-state index in [4.69, 9.17) is 4.74 Å². The molecule has 0 spiro atoms. The molecule has 1 amide bonds. The Bertz CT molecular complexity index is 1300. The number of Topliss-reactive ketones (excluding diaryl/α,β-unsaturated/α-hetero) is 2. The molecule has 0 heterocycles. The van der Waals surface area contributed by atoms with E-state index < -0.39 is 18.1 Å². The average Bonchev–Trinajstić information content (AvgIpc) is 3.24. The van der Waals surface area contributed by atoms with E-state index in [9.17, 15) is 24.3 Å². The van der Waals surface area contributed by atoms with Gasteiger partial charge in [0.2, 0.25) is 0 Å². The van der Waals surface area contributed by atoms with Crippen LogP contribution in [0.3, 0.4) is 0 Å². The topological polar surface area (TPSA) is 122 Å². The number of fused-ring (bicyclic) bond motifs is 3. The van der Waals surface area contributed by atoms with Gasteiger partial charge < -0.3 is 20.5 Å². The van der Waals surface area contributed by atoms with Crippen LogP contribution >= 0.6 is 0 Å². The zero-order valence-corrected chi connectivity index (χ0v) is 22.8. The van der Waals surface area contributed by atoms with E-state index in [0.717, 1.165) is 23.1 Å². The van der Waals surface area contributed by atoms with Crippen LogP contribution in [0.25, 0.3) is 11.1 Å². The summed E-state index contributed by atoms with van der Waals surface area (Å²) in [5, 5.41) is 15.2. The van der Waals surface area contributed by atoms with Crippen LogP contribution in [-0.2, 0) is 32.1 Å². The molecule has 8 nitrogen and oxygen atoms in total. The van der Waals surface area contributed by atoms with E-state index in [1.807, 2.05) is 38.1 Å². The number of unbranched alkanes of at least 4 members (excludes halogenated alkanes) is 1. The van der Waals surface area contributed by atoms with E-state index in [1.54, 1.807) is 6.92 Å². The van der Waals surface area contributed by atoms with E-state index in [2.05, 4.69) is 28.8 Å². The van der Waals surface area contributed by atoms with E-state index in [1.165, 1.54) is 11.1 Å². The Morgan fingerprint density at radius 1 is 1.00 bits per heavy atom. The number of ketones is 2. The molecule has 2 aliphatic carbocycles. The van der Waals surface area contributed by atoms with Crippen molar-refractivity contribution in [2.24, 2.45) is 5.41 Å². The third-order valence-electron chi connectivity index (χ3n) is 7.42. The highest BCUT2D eigenvalue weighted by Crippen LogP contribution is 2.38. The fourth-order valence-electron chi connectivity index (χ4n) is 5.46. The summed E-state index contributed by atoms with van der Waals surface area (Å²) >= 11 is 0. The molecule has 0 bridgehead atoms. The fraction of sp³-hybridized carbons (Fsp3) is 0.419. The summed E-state index contributed by atoms with van der Waals surface area (Å²) in [4.78, 5) is 49.0. The predicted molar refractivity (Wildman–Crippen MR) is 147 cm³/mol. The molecule has 0 unspecified atom stereocenters. The lowest BCUT2D eigenvalue weighted by atomic mass is 9.73. The van der Waals surface area contributed by atoms with Gasteiger partial charge in [-0.1, -0.05) is 56.3 Å². The zero-order valence-electron chi connectivity index (χ0n) is 22.8. The number of nitrogens with one attached hydrogen (secondary N) is 2. The lowest BCUT2D eigenvalue weighted by Crippen LogP contribution is -2.41. The van der Waals surface area contributed by atoms with Gasteiger partial charge >= 0.3 is 12.1 Å². The third-order valence-corrected chi connectivity index (χ3v) is 7.42. The van der Waals surface area contributed by atoms with E-state index in [0.29, 0.717) is 37.9 Å². The maximum absolute atomic E-state index is 12.4. The van der Waals surface area contributed by atoms with Gasteiger partial charge in [0.15, 0.2) is 11.6 Å². The van der Waals surface area contributed by atoms with Crippen molar-refractivity contribution in [2.75, 3.05) is 6.54 Å². The van der Waals surface area contributed by atoms with Crippen LogP contribution in [0.1, 0.15) is 69.6 Å². The smallest absolute Gasteiger partial charge is 0.408 e. The normalized spacial score (nSPS) is 16.2. The van der Waals surface area contributed by atoms with Gasteiger partial charge in [0, 0.05) is 25.1 Å². The van der Waals surface area contributed by atoms with Crippen LogP contribution in [0.4, 0.5) is 4.79 Å². The van der Waals surface area contributed by atoms with Crippen LogP contribution in [0.15, 0.2) is 53.7 Å². The highest BCUT2D eigenvalue weighted by Gasteiger charge is 2.36. The van der Waals surface area contributed by atoms with Gasteiger partial charge in [-0.15, -0.1) is 0 Å². The van der Waals surface area contributed by atoms with Crippen molar-refractivity contribution in [3.63, 3.8) is 0 Å². The first-order chi connectivity index (χ1) is 18.6. The number of alkyl carbamates (subject to hydrolysis) is 1. The Kier molecular flexibility index (Phi) is 8.53. The molecular formula is C31H36N2O6. The quantitative estimate of drug-likeness (QED) is 0.192. The molecule has 1 fully saturated rings. The molecule has 8 heteroatoms. The van der Waals surface area contributed by atoms with Gasteiger partial charge in [-0.05, 0) is 65.8 Å². The van der Waals surface area contributed by atoms with E-state index in [-0.39, 0.29) is 35.6 Å². The molecule has 0 aliphatic heterocycles. The number of rotatable bonds is 10. The molecule has 0 saturated heterocycles. The van der Waals surface area contributed by atoms with E-state index >= 15 is 0 Å². The molecule has 1 atom stereocenters. The molecule has 2 aliphatic rings. The first-order valence-electron chi connectivity index (χ1n) is 13.4. The van der Waals surface area contributed by atoms with Crippen molar-refractivity contribution < 1.29 is 29.0 Å². The van der Waals surface area contributed by atoms with Crippen LogP contribution in [0, 0.1) is 5.41 Å². The second-order valence-electron chi connectivity index (χ2n) is 11.2. The Hall–Kier alpha value is -3.94. The molecule has 206 valence electrons. The fourth-order valence-corrected chi connectivity index (χ4v) is 5.46. The van der Waals surface area contributed by atoms with Gasteiger partial charge in [-0.3, -0.25) is 9.59 Å². The predicted octanol–water partition coefficient (Wildman–Crippen LogP) is 4.93. The largest absolute Gasteiger partial charge is 0.480 e. The molecule has 2 aromatic carbocycles. The number of hydrogen-bond donors (Lipinski definition) is 3. The monoisotopic (exact) mass is 532 g/mol. The summed E-state index contributed by atoms with van der Waals surface area (Å²) in [6.07, 6.45) is 2.04. The van der Waals surface area contributed by atoms with Crippen molar-refractivity contribution >= 4 is 23.6 Å². The SMILES string of the molecule is CC(NCCCC[C@H](NC(=O)OCc1cccc2c1Cc1ccccc1-2)C(=O)O)=C1C(=O)CC(C)(C)CC1=O. The minimum atomic E-state index is -1.13. The number of benzene rings is 2. The highest BCUT2D eigenvalue weighted by molar-refractivity contribution is 6.22. The molecule has 0 aromatic heterocycles. The molecule has 4 rings (SSSR count). The van der Waals surface area contributed by atoms with Crippen LogP contribution in [0.5, 0.6) is 0 Å². The summed E-state index contributed by atoms with van der Waals surface area (Å²) in [7, 11) is 0. The number of allylic oxidation sites excluding steroid dienone is 2. The molecule has 2 aromatic rings. The second kappa shape index (κ2) is 11.8. The van der Waals surface area contributed by atoms with Crippen molar-refractivity contribution in [1.29, 1.82) is 0 Å². The number of aliphatic carboxylic acids is 1. The lowest BCUT2D eigenvalue weighted by Gasteiger charge is -2.29. The Morgan fingerprint density at radius 2 is 1.69 bits per heavy atom. The Balaban J connectivity index is 1.23. The van der Waals surface area contributed by atoms with Gasteiger partial charge in [0.1, 0.15) is 12.6 Å². The minimum absolute atomic E-state index is 0.0574. The Labute approximate surface area is 228 Å². The molecule has 39 heavy (non-hydrogen) atoms. The lowest BCUT2D eigenvalue weighted by molar-refractivity contribution is -0.139. The minimum Gasteiger partial charge on any atom is -0.480 e. The maximum Gasteiger partial charge on any atom is 0.408 e. The van der Waals surface area contributed by atoms with Crippen LogP contribution in [-0.4, -0.2) is 41.3 Å². The van der Waals surface area contributed by atoms with Gasteiger partial charge in [-0.2, -0.15) is 0 Å². The molecule has 3 N–H and O–H groups in total. The number of carbonyl (C=O) groups excluding carboxylic acids is 3. The van der Waals surface area contributed by atoms with Gasteiger partial charge in [0.05, 0.1) is 5.57 Å². The number of ether oxygens (including phenoxy) is 1. The number of carboxylic acids is 1. The summed E-state index contributed by atoms with van der Waals surface area (Å²) in [6.45, 7) is 6.09. The maximum atomic E-state index is 12.4. The van der Waals surface area contributed by atoms with Crippen molar-refractivity contribution in [1.82, 2.24) is 10.6 Å². The van der Waals surface area contributed by atoms with Crippen molar-refractivity contribution in [3.05, 3.63) is 70.4 Å². The molecular weight excluding hydrogens is 496 g/mol. The highest BCUT2D eigenvalue weighted by atomic mass is 16.5.